The Labute approximate surface area is 191 Å². The van der Waals surface area contributed by atoms with Crippen molar-refractivity contribution in [2.75, 3.05) is 0 Å². The number of carbonyl (C=O) groups is 2. The second kappa shape index (κ2) is 8.88. The van der Waals surface area contributed by atoms with Crippen molar-refractivity contribution >= 4 is 23.6 Å². The highest BCUT2D eigenvalue weighted by molar-refractivity contribution is 6.30. The molecule has 32 heavy (non-hydrogen) atoms. The van der Waals surface area contributed by atoms with E-state index < -0.39 is 18.0 Å². The van der Waals surface area contributed by atoms with Gasteiger partial charge in [0.15, 0.2) is 0 Å². The number of para-hydroxylation sites is 1. The summed E-state index contributed by atoms with van der Waals surface area (Å²) in [5.74, 6) is -0.496. The van der Waals surface area contributed by atoms with Gasteiger partial charge in [-0.05, 0) is 45.0 Å². The number of esters is 1. The molecule has 1 aromatic heterocycles. The van der Waals surface area contributed by atoms with E-state index in [4.69, 9.17) is 21.4 Å². The molecule has 0 spiro atoms. The molecule has 0 unspecified atom stereocenters. The summed E-state index contributed by atoms with van der Waals surface area (Å²) in [5.41, 5.74) is 3.73. The van der Waals surface area contributed by atoms with E-state index in [1.165, 1.54) is 0 Å². The first-order valence-corrected chi connectivity index (χ1v) is 10.6. The van der Waals surface area contributed by atoms with Gasteiger partial charge < -0.3 is 15.4 Å². The second-order valence-electron chi connectivity index (χ2n) is 7.74. The van der Waals surface area contributed by atoms with Gasteiger partial charge in [-0.25, -0.2) is 14.3 Å². The molecule has 0 radical (unpaired) electrons. The number of hydrogen-bond acceptors (Lipinski definition) is 4. The molecule has 4 rings (SSSR count). The highest BCUT2D eigenvalue weighted by atomic mass is 35.5. The normalized spacial score (nSPS) is 16.0. The van der Waals surface area contributed by atoms with Gasteiger partial charge >= 0.3 is 12.0 Å². The lowest BCUT2D eigenvalue weighted by Gasteiger charge is -2.28. The Kier molecular flexibility index (Phi) is 6.01. The number of urea groups is 1. The number of hydrogen-bond donors (Lipinski definition) is 2. The van der Waals surface area contributed by atoms with Crippen LogP contribution < -0.4 is 10.6 Å². The highest BCUT2D eigenvalue weighted by Gasteiger charge is 2.35. The molecule has 1 aliphatic heterocycles. The molecule has 2 heterocycles. The molecule has 0 saturated carbocycles. The van der Waals surface area contributed by atoms with Crippen LogP contribution in [0.3, 0.4) is 0 Å². The lowest BCUT2D eigenvalue weighted by molar-refractivity contribution is -0.143. The molecule has 2 aromatic carbocycles. The van der Waals surface area contributed by atoms with Gasteiger partial charge in [-0.2, -0.15) is 5.10 Å². The molecule has 164 valence electrons. The van der Waals surface area contributed by atoms with E-state index in [1.54, 1.807) is 37.6 Å². The number of nitrogens with zero attached hydrogens (tertiary/aromatic N) is 2. The van der Waals surface area contributed by atoms with Crippen molar-refractivity contribution in [1.29, 1.82) is 0 Å². The fourth-order valence-electron chi connectivity index (χ4n) is 3.62. The summed E-state index contributed by atoms with van der Waals surface area (Å²) in [4.78, 5) is 25.3. The zero-order valence-electron chi connectivity index (χ0n) is 17.9. The van der Waals surface area contributed by atoms with Crippen LogP contribution in [0.25, 0.3) is 16.9 Å². The average molecular weight is 451 g/mol. The van der Waals surface area contributed by atoms with E-state index in [9.17, 15) is 9.59 Å². The summed E-state index contributed by atoms with van der Waals surface area (Å²) in [6.45, 7) is 5.25. The first kappa shape index (κ1) is 21.6. The Bertz CT molecular complexity index is 1180. The lowest BCUT2D eigenvalue weighted by atomic mass is 9.94. The van der Waals surface area contributed by atoms with Crippen LogP contribution in [0, 0.1) is 0 Å². The number of aromatic nitrogens is 2. The van der Waals surface area contributed by atoms with E-state index in [0.717, 1.165) is 11.3 Å². The van der Waals surface area contributed by atoms with Crippen LogP contribution in [0.15, 0.2) is 72.1 Å². The monoisotopic (exact) mass is 450 g/mol. The number of carbonyl (C=O) groups excluding carboxylic acids is 2. The van der Waals surface area contributed by atoms with Crippen LogP contribution in [0.5, 0.6) is 0 Å². The fraction of sp³-hybridized carbons (Fsp3) is 0.208. The van der Waals surface area contributed by atoms with Crippen molar-refractivity contribution in [3.05, 3.63) is 82.7 Å². The van der Waals surface area contributed by atoms with Crippen molar-refractivity contribution in [1.82, 2.24) is 20.4 Å². The van der Waals surface area contributed by atoms with Crippen LogP contribution in [0.1, 0.15) is 32.4 Å². The smallest absolute Gasteiger partial charge is 0.338 e. The molecule has 0 saturated heterocycles. The van der Waals surface area contributed by atoms with Crippen molar-refractivity contribution in [3.8, 4) is 16.9 Å². The van der Waals surface area contributed by atoms with Crippen molar-refractivity contribution in [2.45, 2.75) is 32.9 Å². The SMILES string of the molecule is CC1=C(C(=O)OC(C)C)[C@H](c2cn(-c3ccccc3)nc2-c2ccc(Cl)cc2)NC(=O)N1. The van der Waals surface area contributed by atoms with Crippen LogP contribution in [0.4, 0.5) is 4.79 Å². The van der Waals surface area contributed by atoms with Gasteiger partial charge in [-0.15, -0.1) is 0 Å². The van der Waals surface area contributed by atoms with E-state index in [1.807, 2.05) is 48.7 Å². The molecule has 0 bridgehead atoms. The summed E-state index contributed by atoms with van der Waals surface area (Å²) in [5, 5.41) is 10.9. The van der Waals surface area contributed by atoms with E-state index in [2.05, 4.69) is 10.6 Å². The van der Waals surface area contributed by atoms with Crippen LogP contribution in [-0.4, -0.2) is 27.9 Å². The van der Waals surface area contributed by atoms with Crippen LogP contribution >= 0.6 is 11.6 Å². The number of ether oxygens (including phenoxy) is 1. The van der Waals surface area contributed by atoms with Gasteiger partial charge in [0.2, 0.25) is 0 Å². The quantitative estimate of drug-likeness (QED) is 0.548. The predicted octanol–water partition coefficient (Wildman–Crippen LogP) is 4.77. The first-order valence-electron chi connectivity index (χ1n) is 10.2. The highest BCUT2D eigenvalue weighted by Crippen LogP contribution is 2.35. The first-order chi connectivity index (χ1) is 15.3. The second-order valence-corrected chi connectivity index (χ2v) is 8.18. The summed E-state index contributed by atoms with van der Waals surface area (Å²) in [7, 11) is 0. The van der Waals surface area contributed by atoms with Gasteiger partial charge in [0, 0.05) is 28.0 Å². The summed E-state index contributed by atoms with van der Waals surface area (Å²) in [6.07, 6.45) is 1.52. The molecular weight excluding hydrogens is 428 g/mol. The number of allylic oxidation sites excluding steroid dienone is 1. The number of amides is 2. The van der Waals surface area contributed by atoms with Gasteiger partial charge in [0.1, 0.15) is 0 Å². The third kappa shape index (κ3) is 4.38. The molecule has 1 aliphatic rings. The number of nitrogens with one attached hydrogen (secondary N) is 2. The Balaban J connectivity index is 1.89. The fourth-order valence-corrected chi connectivity index (χ4v) is 3.74. The minimum atomic E-state index is -0.738. The molecule has 1 atom stereocenters. The molecule has 3 aromatic rings. The molecule has 0 fully saturated rings. The lowest BCUT2D eigenvalue weighted by Crippen LogP contribution is -2.45. The van der Waals surface area contributed by atoms with Gasteiger partial charge in [-0.3, -0.25) is 0 Å². The predicted molar refractivity (Wildman–Crippen MR) is 122 cm³/mol. The average Bonchev–Trinajstić information content (AvgIpc) is 3.19. The van der Waals surface area contributed by atoms with Crippen molar-refractivity contribution < 1.29 is 14.3 Å². The van der Waals surface area contributed by atoms with Gasteiger partial charge in [-0.1, -0.05) is 41.9 Å². The van der Waals surface area contributed by atoms with Crippen LogP contribution in [0.2, 0.25) is 5.02 Å². The molecule has 2 N–H and O–H groups in total. The van der Waals surface area contributed by atoms with E-state index in [-0.39, 0.29) is 6.10 Å². The molecule has 7 nitrogen and oxygen atoms in total. The number of rotatable bonds is 5. The third-order valence-corrected chi connectivity index (χ3v) is 5.28. The molecule has 0 aliphatic carbocycles. The summed E-state index contributed by atoms with van der Waals surface area (Å²) in [6, 6.07) is 15.7. The Morgan fingerprint density at radius 3 is 2.47 bits per heavy atom. The zero-order chi connectivity index (χ0) is 22.8. The van der Waals surface area contributed by atoms with Gasteiger partial charge in [0.05, 0.1) is 29.1 Å². The van der Waals surface area contributed by atoms with Crippen LogP contribution in [-0.2, 0) is 9.53 Å². The number of benzene rings is 2. The number of halogens is 1. The van der Waals surface area contributed by atoms with E-state index in [0.29, 0.717) is 27.6 Å². The van der Waals surface area contributed by atoms with E-state index >= 15 is 0 Å². The Morgan fingerprint density at radius 1 is 1.12 bits per heavy atom. The summed E-state index contributed by atoms with van der Waals surface area (Å²) >= 11 is 6.08. The maximum absolute atomic E-state index is 13.0. The Hall–Kier alpha value is -3.58. The minimum Gasteiger partial charge on any atom is -0.459 e. The molecular formula is C24H23ClN4O3. The standard InChI is InChI=1S/C24H23ClN4O3/c1-14(2)32-23(30)20-15(3)26-24(31)27-22(20)19-13-29(18-7-5-4-6-8-18)28-21(19)16-9-11-17(25)12-10-16/h4-14,22H,1-3H3,(H2,26,27,31)/t22-/m0/s1. The zero-order valence-corrected chi connectivity index (χ0v) is 18.7. The molecule has 2 amide bonds. The molecule has 8 heteroatoms. The topological polar surface area (TPSA) is 85.2 Å². The maximum atomic E-state index is 13.0. The Morgan fingerprint density at radius 2 is 1.81 bits per heavy atom. The summed E-state index contributed by atoms with van der Waals surface area (Å²) < 4.78 is 7.20. The maximum Gasteiger partial charge on any atom is 0.338 e. The van der Waals surface area contributed by atoms with Crippen molar-refractivity contribution in [3.63, 3.8) is 0 Å². The minimum absolute atomic E-state index is 0.302. The third-order valence-electron chi connectivity index (χ3n) is 5.02. The van der Waals surface area contributed by atoms with Gasteiger partial charge in [0.25, 0.3) is 0 Å². The largest absolute Gasteiger partial charge is 0.459 e. The van der Waals surface area contributed by atoms with Crippen molar-refractivity contribution in [2.24, 2.45) is 0 Å².